The lowest BCUT2D eigenvalue weighted by atomic mass is 9.89. The molecule has 0 N–H and O–H groups in total. The molecule has 1 amide bonds. The van der Waals surface area contributed by atoms with E-state index in [1.165, 1.54) is 12.1 Å². The summed E-state index contributed by atoms with van der Waals surface area (Å²) in [5.74, 6) is -0.107. The number of aromatic nitrogens is 1. The van der Waals surface area contributed by atoms with Crippen molar-refractivity contribution in [1.29, 1.82) is 0 Å². The van der Waals surface area contributed by atoms with Crippen LogP contribution in [0.2, 0.25) is 0 Å². The smallest absolute Gasteiger partial charge is 0.223 e. The van der Waals surface area contributed by atoms with Gasteiger partial charge in [-0.3, -0.25) is 4.79 Å². The fraction of sp³-hybridized carbons (Fsp3) is 0.321. The number of halogens is 1. The van der Waals surface area contributed by atoms with Gasteiger partial charge in [0, 0.05) is 49.1 Å². The Kier molecular flexibility index (Phi) is 6.53. The number of ether oxygens (including phenoxy) is 1. The van der Waals surface area contributed by atoms with Crippen molar-refractivity contribution in [3.8, 4) is 0 Å². The zero-order valence-electron chi connectivity index (χ0n) is 19.5. The predicted molar refractivity (Wildman–Crippen MR) is 135 cm³/mol. The average molecular weight is 477 g/mol. The summed E-state index contributed by atoms with van der Waals surface area (Å²) >= 11 is 1.65. The summed E-state index contributed by atoms with van der Waals surface area (Å²) in [6, 6.07) is 17.1. The third-order valence-corrected chi connectivity index (χ3v) is 7.26. The monoisotopic (exact) mass is 476 g/mol. The van der Waals surface area contributed by atoms with Crippen molar-refractivity contribution in [2.75, 3.05) is 13.1 Å². The molecule has 34 heavy (non-hydrogen) atoms. The maximum atomic E-state index is 13.5. The van der Waals surface area contributed by atoms with Crippen LogP contribution in [-0.2, 0) is 16.1 Å². The van der Waals surface area contributed by atoms with E-state index in [0.29, 0.717) is 26.1 Å². The Morgan fingerprint density at radius 3 is 2.53 bits per heavy atom. The van der Waals surface area contributed by atoms with Crippen LogP contribution < -0.4 is 0 Å². The van der Waals surface area contributed by atoms with Crippen molar-refractivity contribution in [3.05, 3.63) is 94.1 Å². The van der Waals surface area contributed by atoms with Gasteiger partial charge in [-0.25, -0.2) is 4.39 Å². The van der Waals surface area contributed by atoms with Crippen molar-refractivity contribution in [2.45, 2.75) is 44.9 Å². The summed E-state index contributed by atoms with van der Waals surface area (Å²) in [6.07, 6.45) is 2.68. The lowest BCUT2D eigenvalue weighted by molar-refractivity contribution is -0.143. The number of hydrogen-bond acceptors (Lipinski definition) is 3. The molecule has 0 radical (unpaired) electrons. The highest BCUT2D eigenvalue weighted by atomic mass is 32.1. The van der Waals surface area contributed by atoms with Crippen molar-refractivity contribution in [2.24, 2.45) is 0 Å². The summed E-state index contributed by atoms with van der Waals surface area (Å²) < 4.78 is 21.5. The number of carbonyl (C=O) groups excluding carboxylic acids is 1. The van der Waals surface area contributed by atoms with Crippen molar-refractivity contribution in [3.63, 3.8) is 0 Å². The number of para-hydroxylation sites is 1. The topological polar surface area (TPSA) is 34.5 Å². The summed E-state index contributed by atoms with van der Waals surface area (Å²) in [6.45, 7) is 5.95. The summed E-state index contributed by atoms with van der Waals surface area (Å²) in [4.78, 5) is 15.4. The van der Waals surface area contributed by atoms with Crippen LogP contribution in [0.4, 0.5) is 4.39 Å². The van der Waals surface area contributed by atoms with E-state index in [-0.39, 0.29) is 29.9 Å². The van der Waals surface area contributed by atoms with Gasteiger partial charge in [0.1, 0.15) is 5.82 Å². The van der Waals surface area contributed by atoms with Gasteiger partial charge in [0.2, 0.25) is 5.91 Å². The third kappa shape index (κ3) is 4.79. The van der Waals surface area contributed by atoms with Crippen LogP contribution in [0.25, 0.3) is 10.9 Å². The fourth-order valence-corrected chi connectivity index (χ4v) is 5.75. The number of thiophene rings is 1. The number of rotatable bonds is 6. The first-order valence-corrected chi connectivity index (χ1v) is 12.7. The Hall–Kier alpha value is -2.96. The van der Waals surface area contributed by atoms with Gasteiger partial charge in [0.25, 0.3) is 0 Å². The van der Waals surface area contributed by atoms with Crippen LogP contribution in [0, 0.1) is 5.82 Å². The molecule has 1 fully saturated rings. The quantitative estimate of drug-likeness (QED) is 0.340. The molecule has 1 aliphatic heterocycles. The van der Waals surface area contributed by atoms with Gasteiger partial charge in [0.05, 0.1) is 12.2 Å². The molecule has 0 saturated carbocycles. The molecule has 2 aromatic carbocycles. The highest BCUT2D eigenvalue weighted by molar-refractivity contribution is 7.08. The van der Waals surface area contributed by atoms with E-state index in [1.54, 1.807) is 11.3 Å². The first-order valence-electron chi connectivity index (χ1n) is 11.8. The minimum atomic E-state index is -0.232. The molecule has 3 heterocycles. The first-order chi connectivity index (χ1) is 16.5. The molecule has 0 aliphatic carbocycles. The molecule has 5 rings (SSSR count). The zero-order valence-corrected chi connectivity index (χ0v) is 20.3. The molecule has 1 saturated heterocycles. The minimum Gasteiger partial charge on any atom is -0.372 e. The summed E-state index contributed by atoms with van der Waals surface area (Å²) in [5.41, 5.74) is 4.47. The van der Waals surface area contributed by atoms with Gasteiger partial charge in [0.15, 0.2) is 0 Å². The molecule has 3 unspecified atom stereocenters. The van der Waals surface area contributed by atoms with Crippen LogP contribution >= 0.6 is 11.3 Å². The maximum absolute atomic E-state index is 13.5. The molecule has 0 spiro atoms. The number of carbonyl (C=O) groups is 1. The first kappa shape index (κ1) is 22.8. The van der Waals surface area contributed by atoms with Gasteiger partial charge < -0.3 is 14.2 Å². The van der Waals surface area contributed by atoms with Gasteiger partial charge in [-0.2, -0.15) is 11.3 Å². The zero-order chi connectivity index (χ0) is 23.7. The van der Waals surface area contributed by atoms with Crippen LogP contribution in [0.3, 0.4) is 0 Å². The standard InChI is InChI=1S/C28H29FN2O2S/c1-19-14-31(15-20(2)33-19)28(32)13-25(22-11-12-34-18-22)26-17-30(27-6-4-3-5-24(26)27)16-21-7-9-23(29)10-8-21/h3-12,17-20,25H,13-16H2,1-2H3. The van der Waals surface area contributed by atoms with E-state index in [2.05, 4.69) is 39.7 Å². The van der Waals surface area contributed by atoms with Gasteiger partial charge >= 0.3 is 0 Å². The average Bonchev–Trinajstić information content (AvgIpc) is 3.47. The van der Waals surface area contributed by atoms with Crippen molar-refractivity contribution in [1.82, 2.24) is 9.47 Å². The number of nitrogens with zero attached hydrogens (tertiary/aromatic N) is 2. The summed E-state index contributed by atoms with van der Waals surface area (Å²) in [5, 5.41) is 5.37. The SMILES string of the molecule is CC1CN(C(=O)CC(c2ccsc2)c2cn(Cc3ccc(F)cc3)c3ccccc23)CC(C)O1. The molecule has 4 aromatic rings. The number of amides is 1. The number of morpholine rings is 1. The molecule has 6 heteroatoms. The van der Waals surface area contributed by atoms with E-state index in [1.807, 2.05) is 43.0 Å². The highest BCUT2D eigenvalue weighted by Gasteiger charge is 2.30. The molecule has 176 valence electrons. The number of benzene rings is 2. The van der Waals surface area contributed by atoms with Crippen molar-refractivity contribution < 1.29 is 13.9 Å². The normalized spacial score (nSPS) is 19.4. The van der Waals surface area contributed by atoms with E-state index in [9.17, 15) is 9.18 Å². The second-order valence-corrected chi connectivity index (χ2v) is 10.0. The molecule has 0 bridgehead atoms. The Bertz CT molecular complexity index is 1260. The van der Waals surface area contributed by atoms with Gasteiger partial charge in [-0.15, -0.1) is 0 Å². The lowest BCUT2D eigenvalue weighted by Gasteiger charge is -2.36. The second kappa shape index (κ2) is 9.72. The number of fused-ring (bicyclic) bond motifs is 1. The summed E-state index contributed by atoms with van der Waals surface area (Å²) in [7, 11) is 0. The van der Waals surface area contributed by atoms with Crippen LogP contribution in [0.15, 0.2) is 71.6 Å². The molecule has 1 aliphatic rings. The van der Waals surface area contributed by atoms with Crippen LogP contribution in [0.1, 0.15) is 42.9 Å². The Morgan fingerprint density at radius 1 is 1.09 bits per heavy atom. The van der Waals surface area contributed by atoms with Crippen LogP contribution in [0.5, 0.6) is 0 Å². The maximum Gasteiger partial charge on any atom is 0.223 e. The number of hydrogen-bond donors (Lipinski definition) is 0. The molecular weight excluding hydrogens is 447 g/mol. The van der Waals surface area contributed by atoms with Crippen molar-refractivity contribution >= 4 is 28.1 Å². The lowest BCUT2D eigenvalue weighted by Crippen LogP contribution is -2.48. The van der Waals surface area contributed by atoms with E-state index < -0.39 is 0 Å². The largest absolute Gasteiger partial charge is 0.372 e. The van der Waals surface area contributed by atoms with E-state index in [0.717, 1.165) is 27.6 Å². The van der Waals surface area contributed by atoms with Crippen LogP contribution in [-0.4, -0.2) is 40.7 Å². The highest BCUT2D eigenvalue weighted by Crippen LogP contribution is 2.36. The Balaban J connectivity index is 1.50. The Morgan fingerprint density at radius 2 is 1.82 bits per heavy atom. The minimum absolute atomic E-state index is 0.0356. The predicted octanol–water partition coefficient (Wildman–Crippen LogP) is 6.05. The van der Waals surface area contributed by atoms with E-state index >= 15 is 0 Å². The second-order valence-electron chi connectivity index (χ2n) is 9.23. The molecular formula is C28H29FN2O2S. The third-order valence-electron chi connectivity index (χ3n) is 6.56. The van der Waals surface area contributed by atoms with E-state index in [4.69, 9.17) is 4.74 Å². The van der Waals surface area contributed by atoms with Gasteiger partial charge in [-0.1, -0.05) is 30.3 Å². The molecule has 2 aromatic heterocycles. The fourth-order valence-electron chi connectivity index (χ4n) is 5.04. The van der Waals surface area contributed by atoms with Gasteiger partial charge in [-0.05, 0) is 65.6 Å². The molecule has 3 atom stereocenters. The Labute approximate surface area is 203 Å². The molecule has 4 nitrogen and oxygen atoms in total.